The summed E-state index contributed by atoms with van der Waals surface area (Å²) in [6, 6.07) is 63.4. The van der Waals surface area contributed by atoms with Crippen LogP contribution in [0.25, 0.3) is 79.0 Å². The van der Waals surface area contributed by atoms with Gasteiger partial charge in [0.15, 0.2) is 0 Å². The third kappa shape index (κ3) is 4.47. The molecule has 4 heteroatoms. The lowest BCUT2D eigenvalue weighted by molar-refractivity contribution is 0.632. The molecule has 8 aromatic carbocycles. The number of nitrogens with zero attached hydrogens (tertiary/aromatic N) is 2. The van der Waals surface area contributed by atoms with Gasteiger partial charge in [0, 0.05) is 67.9 Å². The van der Waals surface area contributed by atoms with Crippen molar-refractivity contribution in [3.05, 3.63) is 181 Å². The second-order valence-corrected chi connectivity index (χ2v) is 17.5. The van der Waals surface area contributed by atoms with Crippen molar-refractivity contribution in [3.8, 4) is 16.8 Å². The van der Waals surface area contributed by atoms with Gasteiger partial charge in [-0.2, -0.15) is 0 Å². The molecule has 0 spiro atoms. The van der Waals surface area contributed by atoms with Gasteiger partial charge in [-0.1, -0.05) is 98.8 Å². The summed E-state index contributed by atoms with van der Waals surface area (Å²) in [5, 5.41) is 7.85. The Morgan fingerprint density at radius 2 is 1.00 bits per heavy atom. The molecule has 4 heterocycles. The van der Waals surface area contributed by atoms with Crippen molar-refractivity contribution in [1.82, 2.24) is 4.57 Å². The van der Waals surface area contributed by atoms with Crippen LogP contribution in [-0.4, -0.2) is 4.57 Å². The molecule has 0 amide bonds. The highest BCUT2D eigenvalue weighted by atomic mass is 32.1. The van der Waals surface area contributed by atoms with Crippen LogP contribution in [0, 0.1) is 0 Å². The molecule has 260 valence electrons. The first-order valence-electron chi connectivity index (χ1n) is 18.9. The molecule has 1 aliphatic rings. The number of anilines is 3. The van der Waals surface area contributed by atoms with Crippen LogP contribution < -0.4 is 4.90 Å². The van der Waals surface area contributed by atoms with Gasteiger partial charge in [0.2, 0.25) is 0 Å². The monoisotopic (exact) mass is 738 g/mol. The molecular weight excluding hydrogens is 705 g/mol. The Hall–Kier alpha value is -6.20. The molecule has 55 heavy (non-hydrogen) atoms. The van der Waals surface area contributed by atoms with Gasteiger partial charge in [0.1, 0.15) is 0 Å². The molecule has 11 aromatic rings. The summed E-state index contributed by atoms with van der Waals surface area (Å²) in [7, 11) is 0. The molecular formula is C51H34N2S2. The van der Waals surface area contributed by atoms with Crippen molar-refractivity contribution in [1.29, 1.82) is 0 Å². The normalized spacial score (nSPS) is 13.7. The van der Waals surface area contributed by atoms with Gasteiger partial charge in [0.05, 0.1) is 22.4 Å². The van der Waals surface area contributed by atoms with E-state index < -0.39 is 0 Å². The topological polar surface area (TPSA) is 8.17 Å². The number of para-hydroxylation sites is 2. The number of fused-ring (bicyclic) bond motifs is 11. The fourth-order valence-corrected chi connectivity index (χ4v) is 11.5. The lowest BCUT2D eigenvalue weighted by Crippen LogP contribution is -2.30. The van der Waals surface area contributed by atoms with Gasteiger partial charge < -0.3 is 9.47 Å². The highest BCUT2D eigenvalue weighted by molar-refractivity contribution is 7.26. The van der Waals surface area contributed by atoms with Gasteiger partial charge in [-0.3, -0.25) is 0 Å². The van der Waals surface area contributed by atoms with Crippen LogP contribution in [0.2, 0.25) is 0 Å². The molecule has 0 N–H and O–H groups in total. The molecule has 0 aliphatic carbocycles. The minimum atomic E-state index is -0.198. The second kappa shape index (κ2) is 11.4. The second-order valence-electron chi connectivity index (χ2n) is 15.4. The third-order valence-corrected chi connectivity index (χ3v) is 14.2. The van der Waals surface area contributed by atoms with E-state index in [1.54, 1.807) is 0 Å². The summed E-state index contributed by atoms with van der Waals surface area (Å²) in [5.41, 5.74) is 12.2. The molecule has 12 rings (SSSR count). The maximum atomic E-state index is 2.48. The molecule has 0 unspecified atom stereocenters. The minimum Gasteiger partial charge on any atom is -0.310 e. The molecule has 0 saturated carbocycles. The molecule has 1 aliphatic heterocycles. The van der Waals surface area contributed by atoms with Gasteiger partial charge in [-0.05, 0) is 107 Å². The lowest BCUT2D eigenvalue weighted by atomic mass is 9.73. The maximum Gasteiger partial charge on any atom is 0.0555 e. The molecule has 0 saturated heterocycles. The Balaban J connectivity index is 1.07. The third-order valence-electron chi connectivity index (χ3n) is 12.0. The predicted molar refractivity (Wildman–Crippen MR) is 239 cm³/mol. The molecule has 0 fully saturated rings. The number of hydrogen-bond acceptors (Lipinski definition) is 3. The summed E-state index contributed by atoms with van der Waals surface area (Å²) in [5.74, 6) is 0. The number of thiophene rings is 2. The summed E-state index contributed by atoms with van der Waals surface area (Å²) >= 11 is 3.75. The quantitative estimate of drug-likeness (QED) is 0.175. The van der Waals surface area contributed by atoms with Crippen molar-refractivity contribution in [3.63, 3.8) is 0 Å². The van der Waals surface area contributed by atoms with E-state index in [0.717, 1.165) is 0 Å². The number of aromatic nitrogens is 1. The van der Waals surface area contributed by atoms with Crippen molar-refractivity contribution in [2.24, 2.45) is 0 Å². The van der Waals surface area contributed by atoms with Crippen molar-refractivity contribution in [2.75, 3.05) is 4.90 Å². The molecule has 0 bridgehead atoms. The molecule has 0 radical (unpaired) electrons. The van der Waals surface area contributed by atoms with E-state index >= 15 is 0 Å². The maximum absolute atomic E-state index is 2.48. The van der Waals surface area contributed by atoms with Crippen LogP contribution in [0.5, 0.6) is 0 Å². The number of hydrogen-bond donors (Lipinski definition) is 0. The fourth-order valence-electron chi connectivity index (χ4n) is 9.29. The molecule has 2 nitrogen and oxygen atoms in total. The van der Waals surface area contributed by atoms with Crippen molar-refractivity contribution in [2.45, 2.75) is 19.3 Å². The fraction of sp³-hybridized carbons (Fsp3) is 0.0588. The van der Waals surface area contributed by atoms with E-state index in [2.05, 4.69) is 193 Å². The van der Waals surface area contributed by atoms with E-state index in [0.29, 0.717) is 0 Å². The first-order valence-corrected chi connectivity index (χ1v) is 20.6. The summed E-state index contributed by atoms with van der Waals surface area (Å²) in [6.45, 7) is 4.77. The van der Waals surface area contributed by atoms with Gasteiger partial charge in [0.25, 0.3) is 0 Å². The average molecular weight is 739 g/mol. The van der Waals surface area contributed by atoms with Crippen molar-refractivity contribution < 1.29 is 0 Å². The van der Waals surface area contributed by atoms with Crippen LogP contribution in [0.3, 0.4) is 0 Å². The largest absolute Gasteiger partial charge is 0.310 e. The summed E-state index contributed by atoms with van der Waals surface area (Å²) in [4.78, 5) is 2.48. The molecule has 3 aromatic heterocycles. The van der Waals surface area contributed by atoms with Crippen LogP contribution in [0.4, 0.5) is 17.1 Å². The Bertz CT molecular complexity index is 3360. The minimum absolute atomic E-state index is 0.198. The van der Waals surface area contributed by atoms with Gasteiger partial charge in [-0.25, -0.2) is 0 Å². The highest BCUT2D eigenvalue weighted by Gasteiger charge is 2.37. The van der Waals surface area contributed by atoms with E-state index in [4.69, 9.17) is 0 Å². The Morgan fingerprint density at radius 3 is 1.82 bits per heavy atom. The predicted octanol–water partition coefficient (Wildman–Crippen LogP) is 15.3. The van der Waals surface area contributed by atoms with Crippen LogP contribution in [0.1, 0.15) is 25.0 Å². The Labute approximate surface area is 326 Å². The first-order chi connectivity index (χ1) is 27.0. The van der Waals surface area contributed by atoms with E-state index in [9.17, 15) is 0 Å². The average Bonchev–Trinajstić information content (AvgIpc) is 3.89. The van der Waals surface area contributed by atoms with E-state index in [1.165, 1.54) is 107 Å². The van der Waals surface area contributed by atoms with Crippen LogP contribution in [0.15, 0.2) is 170 Å². The first kappa shape index (κ1) is 31.2. The number of benzene rings is 8. The Morgan fingerprint density at radius 1 is 0.382 bits per heavy atom. The molecule has 0 atom stereocenters. The lowest BCUT2D eigenvalue weighted by Gasteiger charge is -2.42. The smallest absolute Gasteiger partial charge is 0.0555 e. The van der Waals surface area contributed by atoms with E-state index in [-0.39, 0.29) is 5.41 Å². The zero-order valence-electron chi connectivity index (χ0n) is 30.4. The standard InChI is InChI=1S/C51H34N2S2/c1-51(2)41-16-8-9-17-44(41)53(34-22-25-49-39(28-34)35-14-6-10-18-47(35)54-49)45-24-21-32(27-42(45)51)31-20-23-43-37(26-31)38-29-40-36-15-7-11-19-48(36)55-50(40)30-46(38)52(43)33-12-4-3-5-13-33/h3-30H,1-2H3. The van der Waals surface area contributed by atoms with E-state index in [1.807, 2.05) is 22.7 Å². The van der Waals surface area contributed by atoms with Crippen molar-refractivity contribution >= 4 is 102 Å². The summed E-state index contributed by atoms with van der Waals surface area (Å²) in [6.07, 6.45) is 0. The van der Waals surface area contributed by atoms with Crippen LogP contribution in [-0.2, 0) is 5.41 Å². The van der Waals surface area contributed by atoms with Gasteiger partial charge in [-0.15, -0.1) is 22.7 Å². The SMILES string of the molecule is CC1(C)c2ccccc2N(c2ccc3sc4ccccc4c3c2)c2ccc(-c3ccc4c(c3)c3cc5c(cc3n4-c3ccccc3)sc3ccccc35)cc21. The van der Waals surface area contributed by atoms with Crippen LogP contribution >= 0.6 is 22.7 Å². The Kier molecular flexibility index (Phi) is 6.47. The highest BCUT2D eigenvalue weighted by Crippen LogP contribution is 2.53. The summed E-state index contributed by atoms with van der Waals surface area (Å²) < 4.78 is 7.75. The number of rotatable bonds is 3. The zero-order valence-corrected chi connectivity index (χ0v) is 32.0. The zero-order chi connectivity index (χ0) is 36.4. The van der Waals surface area contributed by atoms with Gasteiger partial charge >= 0.3 is 0 Å².